The van der Waals surface area contributed by atoms with Crippen LogP contribution in [0.25, 0.3) is 0 Å². The second-order valence-electron chi connectivity index (χ2n) is 3.72. The number of aromatic nitrogens is 2. The molecule has 0 atom stereocenters. The third kappa shape index (κ3) is 2.54. The highest BCUT2D eigenvalue weighted by atomic mass is 35.5. The summed E-state index contributed by atoms with van der Waals surface area (Å²) in [7, 11) is 0. The van der Waals surface area contributed by atoms with Crippen LogP contribution in [0.15, 0.2) is 24.4 Å². The maximum Gasteiger partial charge on any atom is 0.250 e. The fraction of sp³-hybridized carbons (Fsp3) is 0.0909. The van der Waals surface area contributed by atoms with Crippen molar-refractivity contribution in [3.63, 3.8) is 0 Å². The van der Waals surface area contributed by atoms with Gasteiger partial charge in [0.2, 0.25) is 0 Å². The van der Waals surface area contributed by atoms with Crippen LogP contribution in [0.5, 0.6) is 0 Å². The summed E-state index contributed by atoms with van der Waals surface area (Å²) < 4.78 is 0. The van der Waals surface area contributed by atoms with Crippen LogP contribution in [0.4, 0.5) is 11.5 Å². The Morgan fingerprint density at radius 2 is 2.28 bits per heavy atom. The minimum atomic E-state index is -0.542. The average Bonchev–Trinajstić information content (AvgIpc) is 2.73. The molecule has 0 saturated heterocycles. The number of aromatic amines is 1. The number of nitrogen functional groups attached to an aromatic ring is 1. The summed E-state index contributed by atoms with van der Waals surface area (Å²) in [5.74, 6) is -0.0581. The van der Waals surface area contributed by atoms with Crippen LogP contribution in [0.2, 0.25) is 5.02 Å². The van der Waals surface area contributed by atoms with Gasteiger partial charge in [-0.3, -0.25) is 9.89 Å². The molecular weight excluding hydrogens is 254 g/mol. The Morgan fingerprint density at radius 1 is 1.50 bits per heavy atom. The van der Waals surface area contributed by atoms with E-state index in [-0.39, 0.29) is 0 Å². The normalized spacial score (nSPS) is 10.3. The predicted molar refractivity (Wildman–Crippen MR) is 70.3 cm³/mol. The van der Waals surface area contributed by atoms with E-state index in [9.17, 15) is 4.79 Å². The number of nitrogens with two attached hydrogens (primary N) is 2. The van der Waals surface area contributed by atoms with E-state index >= 15 is 0 Å². The predicted octanol–water partition coefficient (Wildman–Crippen LogP) is 1.36. The molecule has 1 aromatic heterocycles. The highest BCUT2D eigenvalue weighted by molar-refractivity contribution is 6.31. The number of halogens is 1. The molecule has 0 saturated carbocycles. The molecule has 0 spiro atoms. The van der Waals surface area contributed by atoms with Crippen molar-refractivity contribution in [2.75, 3.05) is 11.1 Å². The zero-order chi connectivity index (χ0) is 13.1. The van der Waals surface area contributed by atoms with Gasteiger partial charge in [-0.05, 0) is 18.2 Å². The van der Waals surface area contributed by atoms with Gasteiger partial charge >= 0.3 is 0 Å². The molecular formula is C11H12ClN5O. The van der Waals surface area contributed by atoms with Crippen LogP contribution < -0.4 is 16.8 Å². The summed E-state index contributed by atoms with van der Waals surface area (Å²) in [5, 5.41) is 9.95. The highest BCUT2D eigenvalue weighted by Crippen LogP contribution is 2.21. The Labute approximate surface area is 108 Å². The second kappa shape index (κ2) is 4.97. The fourth-order valence-electron chi connectivity index (χ4n) is 1.53. The van der Waals surface area contributed by atoms with Crippen molar-refractivity contribution in [2.24, 2.45) is 5.73 Å². The molecule has 1 aromatic carbocycles. The Morgan fingerprint density at radius 3 is 2.89 bits per heavy atom. The molecule has 2 rings (SSSR count). The topological polar surface area (TPSA) is 110 Å². The number of H-pyrrole nitrogens is 1. The zero-order valence-electron chi connectivity index (χ0n) is 9.40. The number of hydrogen-bond donors (Lipinski definition) is 4. The number of nitrogens with zero attached hydrogens (tertiary/aromatic N) is 1. The van der Waals surface area contributed by atoms with Crippen molar-refractivity contribution < 1.29 is 4.79 Å². The maximum absolute atomic E-state index is 11.3. The molecule has 1 heterocycles. The van der Waals surface area contributed by atoms with Gasteiger partial charge in [-0.2, -0.15) is 5.10 Å². The van der Waals surface area contributed by atoms with Gasteiger partial charge in [0.15, 0.2) is 0 Å². The minimum absolute atomic E-state index is 0.338. The maximum atomic E-state index is 11.3. The molecule has 6 N–H and O–H groups in total. The van der Waals surface area contributed by atoms with Crippen LogP contribution in [0.3, 0.4) is 0 Å². The first-order valence-corrected chi connectivity index (χ1v) is 5.56. The smallest absolute Gasteiger partial charge is 0.250 e. The van der Waals surface area contributed by atoms with E-state index < -0.39 is 5.91 Å². The zero-order valence-corrected chi connectivity index (χ0v) is 10.2. The number of anilines is 2. The van der Waals surface area contributed by atoms with Crippen LogP contribution in [-0.4, -0.2) is 16.1 Å². The Bertz CT molecular complexity index is 581. The number of primary amides is 1. The molecule has 0 unspecified atom stereocenters. The first-order valence-electron chi connectivity index (χ1n) is 5.19. The summed E-state index contributed by atoms with van der Waals surface area (Å²) >= 11 is 5.82. The molecule has 0 aliphatic rings. The molecule has 0 aliphatic carbocycles. The van der Waals surface area contributed by atoms with Gasteiger partial charge in [0.25, 0.3) is 5.91 Å². The molecule has 0 bridgehead atoms. The Balaban J connectivity index is 2.19. The molecule has 0 fully saturated rings. The van der Waals surface area contributed by atoms with E-state index in [4.69, 9.17) is 23.1 Å². The van der Waals surface area contributed by atoms with Crippen molar-refractivity contribution in [3.05, 3.63) is 40.5 Å². The summed E-state index contributed by atoms with van der Waals surface area (Å²) in [4.78, 5) is 11.3. The van der Waals surface area contributed by atoms with Crippen molar-refractivity contribution in [2.45, 2.75) is 6.54 Å². The largest absolute Gasteiger partial charge is 0.384 e. The van der Waals surface area contributed by atoms with Gasteiger partial charge < -0.3 is 16.8 Å². The third-order valence-corrected chi connectivity index (χ3v) is 2.70. The molecule has 18 heavy (non-hydrogen) atoms. The summed E-state index contributed by atoms with van der Waals surface area (Å²) in [6.07, 6.45) is 1.61. The van der Waals surface area contributed by atoms with Crippen LogP contribution in [0.1, 0.15) is 15.9 Å². The lowest BCUT2D eigenvalue weighted by Gasteiger charge is -2.09. The average molecular weight is 266 g/mol. The van der Waals surface area contributed by atoms with Gasteiger partial charge in [-0.1, -0.05) is 11.6 Å². The molecule has 6 nitrogen and oxygen atoms in total. The number of rotatable bonds is 4. The number of benzene rings is 1. The van der Waals surface area contributed by atoms with Crippen LogP contribution in [0, 0.1) is 0 Å². The Kier molecular flexibility index (Phi) is 3.38. The van der Waals surface area contributed by atoms with E-state index in [0.29, 0.717) is 28.6 Å². The van der Waals surface area contributed by atoms with Crippen molar-refractivity contribution >= 4 is 29.0 Å². The quantitative estimate of drug-likeness (QED) is 0.669. The van der Waals surface area contributed by atoms with E-state index in [0.717, 1.165) is 5.56 Å². The van der Waals surface area contributed by atoms with Gasteiger partial charge in [0.1, 0.15) is 5.82 Å². The fourth-order valence-corrected chi connectivity index (χ4v) is 1.70. The number of carbonyl (C=O) groups excluding carboxylic acids is 1. The van der Waals surface area contributed by atoms with E-state index in [1.807, 2.05) is 0 Å². The van der Waals surface area contributed by atoms with Gasteiger partial charge in [0, 0.05) is 22.8 Å². The van der Waals surface area contributed by atoms with Crippen LogP contribution >= 0.6 is 11.6 Å². The first kappa shape index (κ1) is 12.3. The van der Waals surface area contributed by atoms with Crippen molar-refractivity contribution in [3.8, 4) is 0 Å². The number of amides is 1. The highest BCUT2D eigenvalue weighted by Gasteiger charge is 2.09. The van der Waals surface area contributed by atoms with Gasteiger partial charge in [0.05, 0.1) is 11.8 Å². The lowest BCUT2D eigenvalue weighted by molar-refractivity contribution is 0.100. The molecule has 0 aliphatic heterocycles. The molecule has 2 aromatic rings. The second-order valence-corrected chi connectivity index (χ2v) is 4.15. The Hall–Kier alpha value is -2.21. The van der Waals surface area contributed by atoms with E-state index in [2.05, 4.69) is 15.5 Å². The number of hydrogen-bond acceptors (Lipinski definition) is 4. The SMILES string of the molecule is NC(=O)c1cc(Cl)ccc1NCc1cn[nH]c1N. The van der Waals surface area contributed by atoms with Crippen molar-refractivity contribution in [1.82, 2.24) is 10.2 Å². The summed E-state index contributed by atoms with van der Waals surface area (Å²) in [6, 6.07) is 4.89. The summed E-state index contributed by atoms with van der Waals surface area (Å²) in [5.41, 5.74) is 12.7. The third-order valence-electron chi connectivity index (χ3n) is 2.47. The molecule has 0 radical (unpaired) electrons. The molecule has 7 heteroatoms. The number of carbonyl (C=O) groups is 1. The molecule has 94 valence electrons. The van der Waals surface area contributed by atoms with Crippen molar-refractivity contribution in [1.29, 1.82) is 0 Å². The van der Waals surface area contributed by atoms with Crippen LogP contribution in [-0.2, 0) is 6.54 Å². The lowest BCUT2D eigenvalue weighted by Crippen LogP contribution is -2.14. The monoisotopic (exact) mass is 265 g/mol. The summed E-state index contributed by atoms with van der Waals surface area (Å²) in [6.45, 7) is 0.435. The lowest BCUT2D eigenvalue weighted by atomic mass is 10.1. The minimum Gasteiger partial charge on any atom is -0.384 e. The van der Waals surface area contributed by atoms with Gasteiger partial charge in [-0.15, -0.1) is 0 Å². The van der Waals surface area contributed by atoms with E-state index in [1.165, 1.54) is 6.07 Å². The number of nitrogens with one attached hydrogen (secondary N) is 2. The van der Waals surface area contributed by atoms with Gasteiger partial charge in [-0.25, -0.2) is 0 Å². The standard InChI is InChI=1S/C11H12ClN5O/c12-7-1-2-9(8(3-7)11(14)18)15-4-6-5-16-17-10(6)13/h1-3,5,15H,4H2,(H2,14,18)(H3,13,16,17). The van der Waals surface area contributed by atoms with E-state index in [1.54, 1.807) is 18.3 Å². The first-order chi connectivity index (χ1) is 8.58. The molecule has 1 amide bonds.